The largest absolute Gasteiger partial charge is 0.318 e. The van der Waals surface area contributed by atoms with Gasteiger partial charge in [0.05, 0.1) is 0 Å². The van der Waals surface area contributed by atoms with Crippen LogP contribution in [-0.4, -0.2) is 18.6 Å². The van der Waals surface area contributed by atoms with Crippen molar-refractivity contribution in [1.29, 1.82) is 0 Å². The van der Waals surface area contributed by atoms with Gasteiger partial charge in [0.25, 0.3) is 0 Å². The highest BCUT2D eigenvalue weighted by Gasteiger charge is 1.98. The summed E-state index contributed by atoms with van der Waals surface area (Å²) in [5, 5.41) is 0. The number of nitrogens with zero attached hydrogens (tertiary/aromatic N) is 1. The molecule has 0 atom stereocenters. The first-order valence-corrected chi connectivity index (χ1v) is 3.85. The van der Waals surface area contributed by atoms with Gasteiger partial charge in [-0.1, -0.05) is 12.1 Å². The molecule has 0 spiro atoms. The summed E-state index contributed by atoms with van der Waals surface area (Å²) in [7, 11) is 1.89. The number of nitrogens with two attached hydrogens (primary N) is 1. The van der Waals surface area contributed by atoms with E-state index in [1.165, 1.54) is 12.1 Å². The van der Waals surface area contributed by atoms with E-state index in [0.717, 1.165) is 5.56 Å². The minimum Gasteiger partial charge on any atom is -0.318 e. The van der Waals surface area contributed by atoms with Gasteiger partial charge in [-0.3, -0.25) is 4.90 Å². The van der Waals surface area contributed by atoms with E-state index in [-0.39, 0.29) is 5.82 Å². The summed E-state index contributed by atoms with van der Waals surface area (Å²) in [6.07, 6.45) is 0. The molecule has 0 aliphatic rings. The predicted molar refractivity (Wildman–Crippen MR) is 46.9 cm³/mol. The summed E-state index contributed by atoms with van der Waals surface area (Å²) in [5.74, 6) is -0.196. The van der Waals surface area contributed by atoms with Crippen molar-refractivity contribution in [2.75, 3.05) is 13.7 Å². The van der Waals surface area contributed by atoms with Gasteiger partial charge in [-0.25, -0.2) is 4.39 Å². The van der Waals surface area contributed by atoms with Crippen molar-refractivity contribution in [2.24, 2.45) is 5.73 Å². The molecule has 66 valence electrons. The molecule has 0 bridgehead atoms. The Morgan fingerprint density at radius 3 is 2.83 bits per heavy atom. The first-order valence-electron chi connectivity index (χ1n) is 3.85. The van der Waals surface area contributed by atoms with E-state index in [0.29, 0.717) is 13.2 Å². The first-order chi connectivity index (χ1) is 5.72. The van der Waals surface area contributed by atoms with Crippen molar-refractivity contribution in [3.8, 4) is 0 Å². The third-order valence-corrected chi connectivity index (χ3v) is 1.65. The van der Waals surface area contributed by atoms with E-state index in [9.17, 15) is 4.39 Å². The zero-order valence-electron chi connectivity index (χ0n) is 7.13. The second-order valence-corrected chi connectivity index (χ2v) is 2.83. The molecule has 0 unspecified atom stereocenters. The summed E-state index contributed by atoms with van der Waals surface area (Å²) in [6, 6.07) is 6.54. The van der Waals surface area contributed by atoms with Crippen LogP contribution in [0.1, 0.15) is 5.56 Å². The van der Waals surface area contributed by atoms with Crippen LogP contribution >= 0.6 is 0 Å². The van der Waals surface area contributed by atoms with Crippen LogP contribution in [0.2, 0.25) is 0 Å². The molecule has 1 rings (SSSR count). The monoisotopic (exact) mass is 168 g/mol. The molecule has 0 saturated carbocycles. The fourth-order valence-corrected chi connectivity index (χ4v) is 1.01. The third kappa shape index (κ3) is 2.60. The Morgan fingerprint density at radius 2 is 2.25 bits per heavy atom. The molecule has 0 radical (unpaired) electrons. The van der Waals surface area contributed by atoms with E-state index in [2.05, 4.69) is 0 Å². The van der Waals surface area contributed by atoms with Crippen LogP contribution in [0.3, 0.4) is 0 Å². The zero-order chi connectivity index (χ0) is 8.97. The SMILES string of the molecule is CN(CN)Cc1cccc(F)c1. The Labute approximate surface area is 71.8 Å². The topological polar surface area (TPSA) is 29.3 Å². The van der Waals surface area contributed by atoms with Gasteiger partial charge in [0.15, 0.2) is 0 Å². The lowest BCUT2D eigenvalue weighted by Gasteiger charge is -2.12. The fraction of sp³-hybridized carbons (Fsp3) is 0.333. The van der Waals surface area contributed by atoms with Crippen molar-refractivity contribution in [1.82, 2.24) is 4.90 Å². The van der Waals surface area contributed by atoms with E-state index in [4.69, 9.17) is 5.73 Å². The minimum atomic E-state index is -0.196. The first kappa shape index (κ1) is 9.16. The van der Waals surface area contributed by atoms with E-state index < -0.39 is 0 Å². The van der Waals surface area contributed by atoms with E-state index in [1.807, 2.05) is 18.0 Å². The Kier molecular flexibility index (Phi) is 3.19. The van der Waals surface area contributed by atoms with Crippen LogP contribution in [0.5, 0.6) is 0 Å². The quantitative estimate of drug-likeness (QED) is 0.686. The highest BCUT2D eigenvalue weighted by molar-refractivity contribution is 5.15. The van der Waals surface area contributed by atoms with Crippen molar-refractivity contribution in [2.45, 2.75) is 6.54 Å². The molecule has 0 aliphatic carbocycles. The van der Waals surface area contributed by atoms with Gasteiger partial charge >= 0.3 is 0 Å². The highest BCUT2D eigenvalue weighted by Crippen LogP contribution is 2.04. The maximum Gasteiger partial charge on any atom is 0.123 e. The Hall–Kier alpha value is -0.930. The predicted octanol–water partition coefficient (Wildman–Crippen LogP) is 1.17. The molecule has 12 heavy (non-hydrogen) atoms. The molecule has 1 aromatic carbocycles. The summed E-state index contributed by atoms with van der Waals surface area (Å²) in [4.78, 5) is 1.91. The van der Waals surface area contributed by atoms with E-state index >= 15 is 0 Å². The molecule has 0 aliphatic heterocycles. The number of rotatable bonds is 3. The van der Waals surface area contributed by atoms with Gasteiger partial charge in [-0.2, -0.15) is 0 Å². The van der Waals surface area contributed by atoms with Crippen LogP contribution in [0.15, 0.2) is 24.3 Å². The number of benzene rings is 1. The van der Waals surface area contributed by atoms with Crippen LogP contribution in [0.25, 0.3) is 0 Å². The minimum absolute atomic E-state index is 0.196. The second kappa shape index (κ2) is 4.18. The van der Waals surface area contributed by atoms with E-state index in [1.54, 1.807) is 6.07 Å². The number of hydrogen-bond donors (Lipinski definition) is 1. The second-order valence-electron chi connectivity index (χ2n) is 2.83. The molecule has 0 aromatic heterocycles. The van der Waals surface area contributed by atoms with Gasteiger partial charge in [0.2, 0.25) is 0 Å². The molecular weight excluding hydrogens is 155 g/mol. The van der Waals surface area contributed by atoms with Gasteiger partial charge in [0, 0.05) is 13.2 Å². The summed E-state index contributed by atoms with van der Waals surface area (Å²) >= 11 is 0. The van der Waals surface area contributed by atoms with Gasteiger partial charge < -0.3 is 5.73 Å². The van der Waals surface area contributed by atoms with Crippen molar-refractivity contribution in [3.05, 3.63) is 35.6 Å². The normalized spacial score (nSPS) is 10.7. The van der Waals surface area contributed by atoms with Crippen LogP contribution in [-0.2, 0) is 6.54 Å². The van der Waals surface area contributed by atoms with Gasteiger partial charge in [0.1, 0.15) is 5.82 Å². The highest BCUT2D eigenvalue weighted by atomic mass is 19.1. The van der Waals surface area contributed by atoms with Crippen molar-refractivity contribution < 1.29 is 4.39 Å². The number of hydrogen-bond acceptors (Lipinski definition) is 2. The molecule has 0 fully saturated rings. The fourth-order valence-electron chi connectivity index (χ4n) is 1.01. The molecule has 1 aromatic rings. The number of halogens is 1. The van der Waals surface area contributed by atoms with Crippen molar-refractivity contribution in [3.63, 3.8) is 0 Å². The van der Waals surface area contributed by atoms with Crippen molar-refractivity contribution >= 4 is 0 Å². The molecule has 0 amide bonds. The lowest BCUT2D eigenvalue weighted by molar-refractivity contribution is 0.337. The van der Waals surface area contributed by atoms with Crippen LogP contribution in [0.4, 0.5) is 4.39 Å². The molecule has 0 saturated heterocycles. The summed E-state index contributed by atoms with van der Waals surface area (Å²) in [6.45, 7) is 1.17. The maximum absolute atomic E-state index is 12.7. The Morgan fingerprint density at radius 1 is 1.50 bits per heavy atom. The molecule has 2 nitrogen and oxygen atoms in total. The molecule has 2 N–H and O–H groups in total. The smallest absolute Gasteiger partial charge is 0.123 e. The zero-order valence-corrected chi connectivity index (χ0v) is 7.13. The van der Waals surface area contributed by atoms with Crippen LogP contribution < -0.4 is 5.73 Å². The van der Waals surface area contributed by atoms with Gasteiger partial charge in [-0.15, -0.1) is 0 Å². The standard InChI is InChI=1S/C9H13FN2/c1-12(7-11)6-8-3-2-4-9(10)5-8/h2-5H,6-7,11H2,1H3. The average molecular weight is 168 g/mol. The lowest BCUT2D eigenvalue weighted by Crippen LogP contribution is -2.24. The molecule has 3 heteroatoms. The molecule has 0 heterocycles. The lowest BCUT2D eigenvalue weighted by atomic mass is 10.2. The summed E-state index contributed by atoms with van der Waals surface area (Å²) in [5.41, 5.74) is 6.34. The Bertz CT molecular complexity index is 250. The maximum atomic E-state index is 12.7. The molecular formula is C9H13FN2. The average Bonchev–Trinajstić information content (AvgIpc) is 2.04. The summed E-state index contributed by atoms with van der Waals surface area (Å²) < 4.78 is 12.7. The van der Waals surface area contributed by atoms with Crippen LogP contribution in [0, 0.1) is 5.82 Å². The van der Waals surface area contributed by atoms with Gasteiger partial charge in [-0.05, 0) is 24.7 Å². The Balaban J connectivity index is 2.63. The third-order valence-electron chi connectivity index (χ3n) is 1.65.